The topological polar surface area (TPSA) is 42.0 Å². The molecular weight excluding hydrogens is 224 g/mol. The van der Waals surface area contributed by atoms with Gasteiger partial charge in [-0.05, 0) is 36.3 Å². The van der Waals surface area contributed by atoms with Gasteiger partial charge in [-0.3, -0.25) is 4.79 Å². The Labute approximate surface area is 108 Å². The van der Waals surface area contributed by atoms with Crippen LogP contribution >= 0.6 is 0 Å². The Bertz CT molecular complexity index is 483. The van der Waals surface area contributed by atoms with E-state index in [0.717, 1.165) is 18.7 Å². The highest BCUT2D eigenvalue weighted by Crippen LogP contribution is 2.63. The van der Waals surface area contributed by atoms with Crippen LogP contribution in [0.15, 0.2) is 24.4 Å². The van der Waals surface area contributed by atoms with Crippen LogP contribution in [0.5, 0.6) is 0 Å². The molecule has 18 heavy (non-hydrogen) atoms. The molecule has 3 nitrogen and oxygen atoms in total. The minimum Gasteiger partial charge on any atom is -0.360 e. The SMILES string of the molecule is CC12CCC(C(Nc3ccccn3)C1=O)C2(C)C. The monoisotopic (exact) mass is 244 g/mol. The summed E-state index contributed by atoms with van der Waals surface area (Å²) in [7, 11) is 0. The van der Waals surface area contributed by atoms with E-state index in [9.17, 15) is 4.79 Å². The molecule has 0 spiro atoms. The van der Waals surface area contributed by atoms with E-state index in [-0.39, 0.29) is 16.9 Å². The molecule has 0 aromatic carbocycles. The van der Waals surface area contributed by atoms with Gasteiger partial charge in [-0.25, -0.2) is 4.98 Å². The van der Waals surface area contributed by atoms with Gasteiger partial charge in [0.2, 0.25) is 0 Å². The van der Waals surface area contributed by atoms with E-state index in [1.54, 1.807) is 6.20 Å². The summed E-state index contributed by atoms with van der Waals surface area (Å²) in [6.45, 7) is 6.61. The van der Waals surface area contributed by atoms with Crippen molar-refractivity contribution in [3.8, 4) is 0 Å². The summed E-state index contributed by atoms with van der Waals surface area (Å²) in [6, 6.07) is 5.70. The van der Waals surface area contributed by atoms with Gasteiger partial charge in [0.1, 0.15) is 5.82 Å². The second kappa shape index (κ2) is 3.56. The Kier molecular flexibility index (Phi) is 2.31. The third-order valence-corrected chi connectivity index (χ3v) is 5.50. The van der Waals surface area contributed by atoms with Gasteiger partial charge in [0.05, 0.1) is 6.04 Å². The van der Waals surface area contributed by atoms with Crippen LogP contribution < -0.4 is 5.32 Å². The second-order valence-electron chi connectivity index (χ2n) is 6.40. The van der Waals surface area contributed by atoms with E-state index in [1.165, 1.54) is 0 Å². The molecule has 2 aliphatic rings. The number of nitrogens with zero attached hydrogens (tertiary/aromatic N) is 1. The van der Waals surface area contributed by atoms with Crippen LogP contribution in [0.1, 0.15) is 33.6 Å². The predicted molar refractivity (Wildman–Crippen MR) is 71.3 cm³/mol. The third-order valence-electron chi connectivity index (χ3n) is 5.50. The molecule has 3 unspecified atom stereocenters. The molecule has 1 heterocycles. The summed E-state index contributed by atoms with van der Waals surface area (Å²) in [5.74, 6) is 1.61. The van der Waals surface area contributed by atoms with Crippen molar-refractivity contribution < 1.29 is 4.79 Å². The first-order chi connectivity index (χ1) is 8.47. The van der Waals surface area contributed by atoms with Crippen LogP contribution in [-0.4, -0.2) is 16.8 Å². The molecule has 2 fully saturated rings. The van der Waals surface area contributed by atoms with Gasteiger partial charge in [-0.2, -0.15) is 0 Å². The highest BCUT2D eigenvalue weighted by Gasteiger charge is 2.66. The van der Waals surface area contributed by atoms with E-state index < -0.39 is 0 Å². The molecule has 2 bridgehead atoms. The second-order valence-corrected chi connectivity index (χ2v) is 6.40. The molecule has 1 aromatic heterocycles. The van der Waals surface area contributed by atoms with Crippen molar-refractivity contribution in [2.24, 2.45) is 16.7 Å². The zero-order chi connectivity index (χ0) is 13.0. The Balaban J connectivity index is 1.90. The van der Waals surface area contributed by atoms with Crippen molar-refractivity contribution in [2.45, 2.75) is 39.7 Å². The van der Waals surface area contributed by atoms with Gasteiger partial charge in [0, 0.05) is 11.6 Å². The van der Waals surface area contributed by atoms with Crippen molar-refractivity contribution >= 4 is 11.6 Å². The fourth-order valence-corrected chi connectivity index (χ4v) is 3.86. The first-order valence-electron chi connectivity index (χ1n) is 6.69. The molecule has 96 valence electrons. The van der Waals surface area contributed by atoms with E-state index in [0.29, 0.717) is 11.7 Å². The summed E-state index contributed by atoms with van der Waals surface area (Å²) in [5.41, 5.74) is -0.0688. The molecule has 2 saturated carbocycles. The molecule has 0 saturated heterocycles. The highest BCUT2D eigenvalue weighted by molar-refractivity contribution is 5.96. The molecular formula is C15H20N2O. The Hall–Kier alpha value is -1.38. The van der Waals surface area contributed by atoms with Crippen molar-refractivity contribution in [3.05, 3.63) is 24.4 Å². The fraction of sp³-hybridized carbons (Fsp3) is 0.600. The van der Waals surface area contributed by atoms with Crippen LogP contribution in [0.25, 0.3) is 0 Å². The van der Waals surface area contributed by atoms with Crippen LogP contribution in [0.4, 0.5) is 5.82 Å². The third kappa shape index (κ3) is 1.30. The molecule has 3 atom stereocenters. The van der Waals surface area contributed by atoms with Crippen molar-refractivity contribution in [3.63, 3.8) is 0 Å². The molecule has 2 aliphatic carbocycles. The number of hydrogen-bond donors (Lipinski definition) is 1. The van der Waals surface area contributed by atoms with Crippen molar-refractivity contribution in [1.29, 1.82) is 0 Å². The number of anilines is 1. The van der Waals surface area contributed by atoms with E-state index >= 15 is 0 Å². The average Bonchev–Trinajstić information content (AvgIpc) is 2.65. The lowest BCUT2D eigenvalue weighted by Crippen LogP contribution is -2.39. The van der Waals surface area contributed by atoms with Gasteiger partial charge < -0.3 is 5.32 Å². The standard InChI is InChI=1S/C15H20N2O/c1-14(2)10-7-8-15(14,3)13(18)12(10)17-11-6-4-5-9-16-11/h4-6,9-10,12H,7-8H2,1-3H3,(H,16,17). The molecule has 1 aromatic rings. The number of carbonyl (C=O) groups is 1. The number of nitrogens with one attached hydrogen (secondary N) is 1. The van der Waals surface area contributed by atoms with Crippen molar-refractivity contribution in [1.82, 2.24) is 4.98 Å². The zero-order valence-corrected chi connectivity index (χ0v) is 11.2. The first kappa shape index (κ1) is 11.7. The van der Waals surface area contributed by atoms with Crippen LogP contribution in [0.3, 0.4) is 0 Å². The maximum atomic E-state index is 12.6. The molecule has 3 heteroatoms. The maximum absolute atomic E-state index is 12.6. The van der Waals surface area contributed by atoms with Gasteiger partial charge in [0.25, 0.3) is 0 Å². The normalized spacial score (nSPS) is 36.9. The number of aromatic nitrogens is 1. The Morgan fingerprint density at radius 3 is 2.67 bits per heavy atom. The lowest BCUT2D eigenvalue weighted by Gasteiger charge is -2.32. The lowest BCUT2D eigenvalue weighted by atomic mass is 9.70. The quantitative estimate of drug-likeness (QED) is 0.869. The predicted octanol–water partition coefficient (Wildman–Crippen LogP) is 2.89. The number of Topliss-reactive ketones (excluding diaryl/α,β-unsaturated/α-hetero) is 1. The summed E-state index contributed by atoms with van der Waals surface area (Å²) in [4.78, 5) is 16.9. The number of ketones is 1. The number of pyridine rings is 1. The summed E-state index contributed by atoms with van der Waals surface area (Å²) in [5, 5.41) is 3.34. The first-order valence-corrected chi connectivity index (χ1v) is 6.69. The smallest absolute Gasteiger partial charge is 0.161 e. The summed E-state index contributed by atoms with van der Waals surface area (Å²) in [6.07, 6.45) is 3.93. The van der Waals surface area contributed by atoms with Crippen LogP contribution in [0.2, 0.25) is 0 Å². The Morgan fingerprint density at radius 1 is 1.33 bits per heavy atom. The maximum Gasteiger partial charge on any atom is 0.161 e. The number of fused-ring (bicyclic) bond motifs is 2. The average molecular weight is 244 g/mol. The van der Waals surface area contributed by atoms with E-state index in [1.807, 2.05) is 18.2 Å². The van der Waals surface area contributed by atoms with Gasteiger partial charge >= 0.3 is 0 Å². The Morgan fingerprint density at radius 2 is 2.11 bits per heavy atom. The number of hydrogen-bond acceptors (Lipinski definition) is 3. The van der Waals surface area contributed by atoms with Gasteiger partial charge in [-0.1, -0.05) is 26.8 Å². The molecule has 0 amide bonds. The molecule has 3 rings (SSSR count). The number of rotatable bonds is 2. The van der Waals surface area contributed by atoms with Gasteiger partial charge in [0.15, 0.2) is 5.78 Å². The molecule has 0 aliphatic heterocycles. The minimum absolute atomic E-state index is 0.0614. The highest BCUT2D eigenvalue weighted by atomic mass is 16.1. The van der Waals surface area contributed by atoms with E-state index in [2.05, 4.69) is 31.1 Å². The van der Waals surface area contributed by atoms with Crippen LogP contribution in [0, 0.1) is 16.7 Å². The fourth-order valence-electron chi connectivity index (χ4n) is 3.86. The lowest BCUT2D eigenvalue weighted by molar-refractivity contribution is -0.128. The zero-order valence-electron chi connectivity index (χ0n) is 11.2. The molecule has 1 N–H and O–H groups in total. The minimum atomic E-state index is -0.163. The summed E-state index contributed by atoms with van der Waals surface area (Å²) >= 11 is 0. The largest absolute Gasteiger partial charge is 0.360 e. The van der Waals surface area contributed by atoms with Crippen molar-refractivity contribution in [2.75, 3.05) is 5.32 Å². The molecule has 0 radical (unpaired) electrons. The van der Waals surface area contributed by atoms with Crippen LogP contribution in [-0.2, 0) is 4.79 Å². The van der Waals surface area contributed by atoms with E-state index in [4.69, 9.17) is 0 Å². The number of carbonyl (C=O) groups excluding carboxylic acids is 1. The van der Waals surface area contributed by atoms with Gasteiger partial charge in [-0.15, -0.1) is 0 Å². The summed E-state index contributed by atoms with van der Waals surface area (Å²) < 4.78 is 0.